The maximum absolute atomic E-state index is 13.1. The van der Waals surface area contributed by atoms with Crippen LogP contribution in [0.5, 0.6) is 5.75 Å². The van der Waals surface area contributed by atoms with Crippen molar-refractivity contribution in [1.29, 1.82) is 0 Å². The summed E-state index contributed by atoms with van der Waals surface area (Å²) in [6.07, 6.45) is 7.12. The summed E-state index contributed by atoms with van der Waals surface area (Å²) in [7, 11) is 0. The SMILES string of the molecule is C#Cc1ccc(OCCCC)cc1F. The van der Waals surface area contributed by atoms with Gasteiger partial charge in [-0.15, -0.1) is 6.42 Å². The molecule has 0 aliphatic rings. The summed E-state index contributed by atoms with van der Waals surface area (Å²) in [6, 6.07) is 4.56. The molecule has 1 aromatic rings. The summed E-state index contributed by atoms with van der Waals surface area (Å²) in [6.45, 7) is 2.69. The van der Waals surface area contributed by atoms with E-state index in [0.717, 1.165) is 12.8 Å². The Morgan fingerprint density at radius 1 is 1.50 bits per heavy atom. The highest BCUT2D eigenvalue weighted by molar-refractivity contribution is 5.38. The first-order valence-electron chi connectivity index (χ1n) is 4.67. The van der Waals surface area contributed by atoms with Gasteiger partial charge in [0.25, 0.3) is 0 Å². The fourth-order valence-corrected chi connectivity index (χ4v) is 1.04. The lowest BCUT2D eigenvalue weighted by molar-refractivity contribution is 0.308. The van der Waals surface area contributed by atoms with E-state index in [0.29, 0.717) is 12.4 Å². The lowest BCUT2D eigenvalue weighted by atomic mass is 10.2. The quantitative estimate of drug-likeness (QED) is 0.526. The smallest absolute Gasteiger partial charge is 0.142 e. The van der Waals surface area contributed by atoms with Gasteiger partial charge in [-0.1, -0.05) is 19.3 Å². The zero-order chi connectivity index (χ0) is 10.4. The minimum atomic E-state index is -0.401. The number of terminal acetylenes is 1. The predicted molar refractivity (Wildman–Crippen MR) is 54.7 cm³/mol. The molecule has 0 aliphatic carbocycles. The Morgan fingerprint density at radius 2 is 2.29 bits per heavy atom. The molecule has 0 spiro atoms. The van der Waals surface area contributed by atoms with Crippen LogP contribution in [0.4, 0.5) is 4.39 Å². The monoisotopic (exact) mass is 192 g/mol. The normalized spacial score (nSPS) is 9.50. The van der Waals surface area contributed by atoms with Gasteiger partial charge in [0, 0.05) is 6.07 Å². The second-order valence-corrected chi connectivity index (χ2v) is 2.99. The molecule has 0 saturated heterocycles. The molecule has 0 bridgehead atoms. The van der Waals surface area contributed by atoms with Gasteiger partial charge in [0.15, 0.2) is 0 Å². The first-order valence-corrected chi connectivity index (χ1v) is 4.67. The van der Waals surface area contributed by atoms with Crippen molar-refractivity contribution >= 4 is 0 Å². The van der Waals surface area contributed by atoms with E-state index >= 15 is 0 Å². The van der Waals surface area contributed by atoms with Gasteiger partial charge in [0.05, 0.1) is 12.2 Å². The molecule has 0 aromatic heterocycles. The van der Waals surface area contributed by atoms with Crippen molar-refractivity contribution in [3.63, 3.8) is 0 Å². The van der Waals surface area contributed by atoms with Crippen LogP contribution < -0.4 is 4.74 Å². The van der Waals surface area contributed by atoms with Crippen LogP contribution in [-0.4, -0.2) is 6.61 Å². The number of benzene rings is 1. The van der Waals surface area contributed by atoms with Crippen molar-refractivity contribution < 1.29 is 9.13 Å². The van der Waals surface area contributed by atoms with E-state index in [4.69, 9.17) is 11.2 Å². The third-order valence-corrected chi connectivity index (χ3v) is 1.86. The lowest BCUT2D eigenvalue weighted by Crippen LogP contribution is -1.97. The fourth-order valence-electron chi connectivity index (χ4n) is 1.04. The number of halogens is 1. The molecule has 74 valence electrons. The summed E-state index contributed by atoms with van der Waals surface area (Å²) in [5.74, 6) is 2.39. The van der Waals surface area contributed by atoms with Crippen LogP contribution in [0, 0.1) is 18.2 Å². The van der Waals surface area contributed by atoms with Crippen molar-refractivity contribution in [1.82, 2.24) is 0 Å². The fraction of sp³-hybridized carbons (Fsp3) is 0.333. The molecular weight excluding hydrogens is 179 g/mol. The molecule has 0 atom stereocenters. The highest BCUT2D eigenvalue weighted by Gasteiger charge is 2.01. The van der Waals surface area contributed by atoms with Gasteiger partial charge in [-0.2, -0.15) is 0 Å². The van der Waals surface area contributed by atoms with Crippen molar-refractivity contribution in [3.8, 4) is 18.1 Å². The van der Waals surface area contributed by atoms with Gasteiger partial charge in [0.2, 0.25) is 0 Å². The minimum Gasteiger partial charge on any atom is -0.493 e. The van der Waals surface area contributed by atoms with Crippen molar-refractivity contribution in [3.05, 3.63) is 29.6 Å². The number of hydrogen-bond acceptors (Lipinski definition) is 1. The van der Waals surface area contributed by atoms with E-state index in [1.54, 1.807) is 12.1 Å². The molecule has 1 nitrogen and oxygen atoms in total. The maximum atomic E-state index is 13.1. The van der Waals surface area contributed by atoms with E-state index in [1.807, 2.05) is 0 Å². The molecule has 0 saturated carbocycles. The number of rotatable bonds is 4. The van der Waals surface area contributed by atoms with Crippen LogP contribution in [0.1, 0.15) is 25.3 Å². The van der Waals surface area contributed by atoms with Crippen molar-refractivity contribution in [2.45, 2.75) is 19.8 Å². The second kappa shape index (κ2) is 5.29. The largest absolute Gasteiger partial charge is 0.493 e. The van der Waals surface area contributed by atoms with Gasteiger partial charge < -0.3 is 4.74 Å². The highest BCUT2D eigenvalue weighted by atomic mass is 19.1. The maximum Gasteiger partial charge on any atom is 0.142 e. The Kier molecular flexibility index (Phi) is 4.00. The summed E-state index contributed by atoms with van der Waals surface area (Å²) in [4.78, 5) is 0. The Bertz CT molecular complexity index is 339. The summed E-state index contributed by atoms with van der Waals surface area (Å²) in [5, 5.41) is 0. The molecule has 0 N–H and O–H groups in total. The second-order valence-electron chi connectivity index (χ2n) is 2.99. The molecule has 0 fully saturated rings. The molecule has 1 aromatic carbocycles. The average Bonchev–Trinajstić information content (AvgIpc) is 2.18. The van der Waals surface area contributed by atoms with Crippen LogP contribution in [0.2, 0.25) is 0 Å². The van der Waals surface area contributed by atoms with E-state index in [2.05, 4.69) is 12.8 Å². The van der Waals surface area contributed by atoms with Gasteiger partial charge in [-0.3, -0.25) is 0 Å². The molecule has 0 radical (unpaired) electrons. The van der Waals surface area contributed by atoms with Crippen molar-refractivity contribution in [2.24, 2.45) is 0 Å². The molecule has 0 aliphatic heterocycles. The lowest BCUT2D eigenvalue weighted by Gasteiger charge is -2.05. The molecule has 14 heavy (non-hydrogen) atoms. The third-order valence-electron chi connectivity index (χ3n) is 1.86. The molecule has 1 rings (SSSR count). The van der Waals surface area contributed by atoms with E-state index in [9.17, 15) is 4.39 Å². The van der Waals surface area contributed by atoms with Crippen LogP contribution in [0.15, 0.2) is 18.2 Å². The Morgan fingerprint density at radius 3 is 2.86 bits per heavy atom. The Labute approximate surface area is 83.9 Å². The summed E-state index contributed by atoms with van der Waals surface area (Å²) >= 11 is 0. The van der Waals surface area contributed by atoms with E-state index in [-0.39, 0.29) is 5.56 Å². The molecule has 2 heteroatoms. The Hall–Kier alpha value is -1.49. The zero-order valence-corrected chi connectivity index (χ0v) is 8.22. The number of ether oxygens (including phenoxy) is 1. The first kappa shape index (κ1) is 10.6. The first-order chi connectivity index (χ1) is 6.77. The molecular formula is C12H13FO. The van der Waals surface area contributed by atoms with Crippen LogP contribution >= 0.6 is 0 Å². The predicted octanol–water partition coefficient (Wildman–Crippen LogP) is 2.99. The molecule has 0 heterocycles. The van der Waals surface area contributed by atoms with Gasteiger partial charge in [-0.05, 0) is 18.6 Å². The van der Waals surface area contributed by atoms with Crippen LogP contribution in [0.25, 0.3) is 0 Å². The van der Waals surface area contributed by atoms with Gasteiger partial charge >= 0.3 is 0 Å². The minimum absolute atomic E-state index is 0.271. The number of hydrogen-bond donors (Lipinski definition) is 0. The van der Waals surface area contributed by atoms with Crippen LogP contribution in [-0.2, 0) is 0 Å². The topological polar surface area (TPSA) is 9.23 Å². The third kappa shape index (κ3) is 2.77. The Balaban J connectivity index is 2.63. The summed E-state index contributed by atoms with van der Waals surface area (Å²) < 4.78 is 18.5. The zero-order valence-electron chi connectivity index (χ0n) is 8.22. The van der Waals surface area contributed by atoms with Crippen LogP contribution in [0.3, 0.4) is 0 Å². The number of unbranched alkanes of at least 4 members (excludes halogenated alkanes) is 1. The van der Waals surface area contributed by atoms with Crippen molar-refractivity contribution in [2.75, 3.05) is 6.61 Å². The standard InChI is InChI=1S/C12H13FO/c1-3-5-8-14-11-7-6-10(4-2)12(13)9-11/h2,6-7,9H,3,5,8H2,1H3. The average molecular weight is 192 g/mol. The van der Waals surface area contributed by atoms with Gasteiger partial charge in [-0.25, -0.2) is 4.39 Å². The summed E-state index contributed by atoms with van der Waals surface area (Å²) in [5.41, 5.74) is 0.271. The van der Waals surface area contributed by atoms with E-state index in [1.165, 1.54) is 6.07 Å². The molecule has 0 amide bonds. The highest BCUT2D eigenvalue weighted by Crippen LogP contribution is 2.16. The van der Waals surface area contributed by atoms with Gasteiger partial charge in [0.1, 0.15) is 11.6 Å². The van der Waals surface area contributed by atoms with E-state index < -0.39 is 5.82 Å². The molecule has 0 unspecified atom stereocenters.